The third-order valence-electron chi connectivity index (χ3n) is 3.04. The first-order valence-electron chi connectivity index (χ1n) is 6.98. The summed E-state index contributed by atoms with van der Waals surface area (Å²) in [5.41, 5.74) is 0. The second-order valence-electron chi connectivity index (χ2n) is 4.60. The molecule has 0 N–H and O–H groups in total. The molecule has 0 aromatic carbocycles. The third-order valence-corrected chi connectivity index (χ3v) is 5.70. The summed E-state index contributed by atoms with van der Waals surface area (Å²) in [5, 5.41) is 8.57. The lowest BCUT2D eigenvalue weighted by molar-refractivity contribution is -0.0415. The standard InChI is InChI=1S/C8H7NO2S.C7H7BrO2S/c9-5-6-1-2-7(12-6)8-10-3-4-11-8;8-6-2-1-5(11-6)7-9-3-4-10-7/h1-2,8H,3-4H2;1-2,7H,3-4H2. The van der Waals surface area contributed by atoms with Crippen LogP contribution in [-0.4, -0.2) is 26.4 Å². The minimum absolute atomic E-state index is 0.119. The van der Waals surface area contributed by atoms with Crippen molar-refractivity contribution >= 4 is 38.6 Å². The predicted molar refractivity (Wildman–Crippen MR) is 90.3 cm³/mol. The van der Waals surface area contributed by atoms with E-state index >= 15 is 0 Å². The van der Waals surface area contributed by atoms with Gasteiger partial charge < -0.3 is 18.9 Å². The Kier molecular flexibility index (Phi) is 6.19. The molecule has 2 fully saturated rings. The van der Waals surface area contributed by atoms with E-state index in [2.05, 4.69) is 22.0 Å². The topological polar surface area (TPSA) is 60.7 Å². The lowest BCUT2D eigenvalue weighted by atomic mass is 10.4. The van der Waals surface area contributed by atoms with Crippen molar-refractivity contribution in [1.29, 1.82) is 5.26 Å². The summed E-state index contributed by atoms with van der Waals surface area (Å²) in [6.07, 6.45) is -0.358. The lowest BCUT2D eigenvalue weighted by Gasteiger charge is -2.03. The van der Waals surface area contributed by atoms with Crippen molar-refractivity contribution in [3.8, 4) is 6.07 Å². The number of hydrogen-bond donors (Lipinski definition) is 0. The van der Waals surface area contributed by atoms with Crippen LogP contribution >= 0.6 is 38.6 Å². The van der Waals surface area contributed by atoms with E-state index in [1.165, 1.54) is 11.3 Å². The number of ether oxygens (including phenoxy) is 4. The minimum atomic E-state index is -0.239. The molecule has 0 spiro atoms. The van der Waals surface area contributed by atoms with E-state index in [1.54, 1.807) is 17.4 Å². The number of hydrogen-bond acceptors (Lipinski definition) is 7. The van der Waals surface area contributed by atoms with Gasteiger partial charge in [-0.25, -0.2) is 0 Å². The van der Waals surface area contributed by atoms with Crippen LogP contribution in [0.1, 0.15) is 27.2 Å². The fourth-order valence-corrected chi connectivity index (χ4v) is 4.27. The van der Waals surface area contributed by atoms with Crippen molar-refractivity contribution < 1.29 is 18.9 Å². The van der Waals surface area contributed by atoms with Crippen molar-refractivity contribution in [2.45, 2.75) is 12.6 Å². The van der Waals surface area contributed by atoms with Gasteiger partial charge in [-0.05, 0) is 40.2 Å². The highest BCUT2D eigenvalue weighted by molar-refractivity contribution is 9.11. The fraction of sp³-hybridized carbons (Fsp3) is 0.400. The molecule has 2 saturated heterocycles. The summed E-state index contributed by atoms with van der Waals surface area (Å²) in [6.45, 7) is 2.70. The molecule has 23 heavy (non-hydrogen) atoms. The van der Waals surface area contributed by atoms with Gasteiger partial charge in [0.1, 0.15) is 10.9 Å². The maximum atomic E-state index is 8.57. The van der Waals surface area contributed by atoms with Crippen molar-refractivity contribution in [2.75, 3.05) is 26.4 Å². The molecule has 0 aliphatic carbocycles. The van der Waals surface area contributed by atoms with Gasteiger partial charge in [0.25, 0.3) is 0 Å². The Balaban J connectivity index is 0.000000136. The Morgan fingerprint density at radius 1 is 0.870 bits per heavy atom. The maximum absolute atomic E-state index is 8.57. The molecule has 0 unspecified atom stereocenters. The smallest absolute Gasteiger partial charge is 0.193 e. The highest BCUT2D eigenvalue weighted by Gasteiger charge is 2.20. The highest BCUT2D eigenvalue weighted by atomic mass is 79.9. The monoisotopic (exact) mass is 415 g/mol. The first-order valence-corrected chi connectivity index (χ1v) is 9.40. The number of nitrogens with zero attached hydrogens (tertiary/aromatic N) is 1. The molecule has 122 valence electrons. The SMILES string of the molecule is Brc1ccc(C2OCCO2)s1.N#Cc1ccc(C2OCCO2)s1. The van der Waals surface area contributed by atoms with Crippen LogP contribution < -0.4 is 0 Å². The molecule has 2 aliphatic rings. The normalized spacial score (nSPS) is 18.6. The van der Waals surface area contributed by atoms with E-state index in [4.69, 9.17) is 24.2 Å². The zero-order valence-corrected chi connectivity index (χ0v) is 15.3. The van der Waals surface area contributed by atoms with Crippen LogP contribution in [-0.2, 0) is 18.9 Å². The van der Waals surface area contributed by atoms with Crippen molar-refractivity contribution in [3.63, 3.8) is 0 Å². The van der Waals surface area contributed by atoms with Gasteiger partial charge in [-0.2, -0.15) is 5.26 Å². The molecule has 0 radical (unpaired) electrons. The second kappa shape index (κ2) is 8.35. The van der Waals surface area contributed by atoms with Crippen LogP contribution in [0, 0.1) is 11.3 Å². The van der Waals surface area contributed by atoms with E-state index in [1.807, 2.05) is 18.2 Å². The third kappa shape index (κ3) is 4.61. The van der Waals surface area contributed by atoms with Gasteiger partial charge in [0.15, 0.2) is 12.6 Å². The van der Waals surface area contributed by atoms with Crippen LogP contribution in [0.15, 0.2) is 28.1 Å². The molecule has 4 heterocycles. The van der Waals surface area contributed by atoms with E-state index in [0.29, 0.717) is 31.3 Å². The number of nitriles is 1. The zero-order valence-electron chi connectivity index (χ0n) is 12.1. The Labute approximate surface area is 150 Å². The van der Waals surface area contributed by atoms with E-state index < -0.39 is 0 Å². The summed E-state index contributed by atoms with van der Waals surface area (Å²) in [6, 6.07) is 9.76. The summed E-state index contributed by atoms with van der Waals surface area (Å²) in [5.74, 6) is 0. The maximum Gasteiger partial charge on any atom is 0.193 e. The molecule has 2 aromatic rings. The number of thiophene rings is 2. The van der Waals surface area contributed by atoms with Gasteiger partial charge in [-0.15, -0.1) is 22.7 Å². The van der Waals surface area contributed by atoms with Crippen LogP contribution in [0.5, 0.6) is 0 Å². The quantitative estimate of drug-likeness (QED) is 0.734. The Bertz CT molecular complexity index is 669. The van der Waals surface area contributed by atoms with E-state index in [0.717, 1.165) is 13.5 Å². The highest BCUT2D eigenvalue weighted by Crippen LogP contribution is 2.32. The van der Waals surface area contributed by atoms with E-state index in [9.17, 15) is 0 Å². The first-order chi connectivity index (χ1) is 11.3. The minimum Gasteiger partial charge on any atom is -0.345 e. The van der Waals surface area contributed by atoms with Crippen molar-refractivity contribution in [3.05, 3.63) is 42.7 Å². The van der Waals surface area contributed by atoms with Gasteiger partial charge in [0.2, 0.25) is 0 Å². The van der Waals surface area contributed by atoms with Gasteiger partial charge in [0, 0.05) is 0 Å². The second-order valence-corrected chi connectivity index (χ2v) is 8.21. The summed E-state index contributed by atoms with van der Waals surface area (Å²) >= 11 is 6.46. The van der Waals surface area contributed by atoms with Gasteiger partial charge >= 0.3 is 0 Å². The fourth-order valence-electron chi connectivity index (χ4n) is 2.04. The summed E-state index contributed by atoms with van der Waals surface area (Å²) in [7, 11) is 0. The Morgan fingerprint density at radius 3 is 1.83 bits per heavy atom. The molecule has 0 amide bonds. The number of halogens is 1. The molecule has 0 atom stereocenters. The molecule has 5 nitrogen and oxygen atoms in total. The van der Waals surface area contributed by atoms with Crippen LogP contribution in [0.2, 0.25) is 0 Å². The first kappa shape index (κ1) is 17.0. The summed E-state index contributed by atoms with van der Waals surface area (Å²) < 4.78 is 22.3. The lowest BCUT2D eigenvalue weighted by Crippen LogP contribution is -1.93. The molecule has 2 aromatic heterocycles. The zero-order chi connectivity index (χ0) is 16.1. The van der Waals surface area contributed by atoms with Crippen molar-refractivity contribution in [1.82, 2.24) is 0 Å². The molecule has 2 aliphatic heterocycles. The predicted octanol–water partition coefficient (Wildman–Crippen LogP) is 4.22. The molecule has 0 saturated carbocycles. The van der Waals surface area contributed by atoms with Gasteiger partial charge in [0.05, 0.1) is 40.0 Å². The average molecular weight is 416 g/mol. The van der Waals surface area contributed by atoms with Gasteiger partial charge in [-0.3, -0.25) is 0 Å². The number of rotatable bonds is 2. The van der Waals surface area contributed by atoms with Crippen LogP contribution in [0.25, 0.3) is 0 Å². The Hall–Kier alpha value is -0.790. The summed E-state index contributed by atoms with van der Waals surface area (Å²) in [4.78, 5) is 2.81. The van der Waals surface area contributed by atoms with E-state index in [-0.39, 0.29) is 12.6 Å². The van der Waals surface area contributed by atoms with Crippen LogP contribution in [0.4, 0.5) is 0 Å². The molecule has 8 heteroatoms. The largest absolute Gasteiger partial charge is 0.345 e. The van der Waals surface area contributed by atoms with Gasteiger partial charge in [-0.1, -0.05) is 0 Å². The average Bonchev–Trinajstić information content (AvgIpc) is 3.32. The Morgan fingerprint density at radius 2 is 1.39 bits per heavy atom. The molecular formula is C15H14BrNO4S2. The molecule has 0 bridgehead atoms. The van der Waals surface area contributed by atoms with Crippen molar-refractivity contribution in [2.24, 2.45) is 0 Å². The van der Waals surface area contributed by atoms with Crippen LogP contribution in [0.3, 0.4) is 0 Å². The molecular weight excluding hydrogens is 402 g/mol. The molecule has 4 rings (SSSR count).